The molecule has 4 heterocycles. The van der Waals surface area contributed by atoms with E-state index >= 15 is 0 Å². The van der Waals surface area contributed by atoms with Crippen LogP contribution < -0.4 is 5.32 Å². The fourth-order valence-corrected chi connectivity index (χ4v) is 6.62. The Balaban J connectivity index is 1.32. The lowest BCUT2D eigenvalue weighted by molar-refractivity contribution is 0.558. The summed E-state index contributed by atoms with van der Waals surface area (Å²) in [7, 11) is -3.93. The van der Waals surface area contributed by atoms with Crippen molar-refractivity contribution in [2.24, 2.45) is 5.92 Å². The van der Waals surface area contributed by atoms with Gasteiger partial charge in [0, 0.05) is 18.7 Å². The number of aryl methyl sites for hydroxylation is 1. The highest BCUT2D eigenvalue weighted by Crippen LogP contribution is 2.39. The van der Waals surface area contributed by atoms with Crippen LogP contribution in [0, 0.1) is 24.2 Å². The highest BCUT2D eigenvalue weighted by Gasteiger charge is 2.33. The number of aromatic nitrogens is 7. The molecule has 4 aromatic heterocycles. The average Bonchev–Trinajstić information content (AvgIpc) is 3.66. The fraction of sp³-hybridized carbons (Fsp3) is 0.280. The summed E-state index contributed by atoms with van der Waals surface area (Å²) in [5, 5.41) is 20.9. The van der Waals surface area contributed by atoms with Gasteiger partial charge in [0.25, 0.3) is 0 Å². The predicted molar refractivity (Wildman–Crippen MR) is 135 cm³/mol. The van der Waals surface area contributed by atoms with Gasteiger partial charge in [-0.3, -0.25) is 4.40 Å². The molecule has 37 heavy (non-hydrogen) atoms. The van der Waals surface area contributed by atoms with E-state index in [4.69, 9.17) is 5.26 Å². The standard InChI is InChI=1S/C25H23N9O2S/c1-15-4-2-3-5-20(15)37(35,36)25-24-33-32-23(34(24)19-8-9-27-22(19)31-25)17-7-6-16(10-17)12-29-21-14-28-18(11-26)13-30-21/h2-5,8-9,13-14,16-17,27H,6-7,10,12H2,1H3,(H,29,30)/t16-,17+/m0/s1. The van der Waals surface area contributed by atoms with Gasteiger partial charge in [-0.15, -0.1) is 10.2 Å². The van der Waals surface area contributed by atoms with Crippen molar-refractivity contribution in [3.63, 3.8) is 0 Å². The van der Waals surface area contributed by atoms with Crippen LogP contribution in [0.1, 0.15) is 42.3 Å². The van der Waals surface area contributed by atoms with Crippen LogP contribution >= 0.6 is 0 Å². The molecule has 1 fully saturated rings. The van der Waals surface area contributed by atoms with E-state index in [9.17, 15) is 8.42 Å². The van der Waals surface area contributed by atoms with Crippen LogP contribution in [0.3, 0.4) is 0 Å². The lowest BCUT2D eigenvalue weighted by Gasteiger charge is -2.13. The van der Waals surface area contributed by atoms with Gasteiger partial charge in [-0.05, 0) is 49.8 Å². The number of hydrogen-bond donors (Lipinski definition) is 2. The second-order valence-electron chi connectivity index (χ2n) is 9.27. The number of hydrogen-bond acceptors (Lipinski definition) is 9. The molecule has 2 N–H and O–H groups in total. The van der Waals surface area contributed by atoms with E-state index in [1.165, 1.54) is 6.20 Å². The number of rotatable bonds is 6. The highest BCUT2D eigenvalue weighted by atomic mass is 32.2. The molecule has 0 unspecified atom stereocenters. The van der Waals surface area contributed by atoms with Crippen molar-refractivity contribution in [3.8, 4) is 6.07 Å². The van der Waals surface area contributed by atoms with Gasteiger partial charge in [-0.1, -0.05) is 18.2 Å². The first-order valence-corrected chi connectivity index (χ1v) is 13.4. The van der Waals surface area contributed by atoms with Crippen molar-refractivity contribution < 1.29 is 8.42 Å². The molecular weight excluding hydrogens is 490 g/mol. The maximum Gasteiger partial charge on any atom is 0.228 e. The summed E-state index contributed by atoms with van der Waals surface area (Å²) in [4.78, 5) is 16.0. The fourth-order valence-electron chi connectivity index (χ4n) is 5.07. The molecule has 11 nitrogen and oxygen atoms in total. The number of fused-ring (bicyclic) bond motifs is 3. The van der Waals surface area contributed by atoms with E-state index in [-0.39, 0.29) is 27.2 Å². The quantitative estimate of drug-likeness (QED) is 0.347. The van der Waals surface area contributed by atoms with Gasteiger partial charge in [0.1, 0.15) is 17.7 Å². The third kappa shape index (κ3) is 3.97. The predicted octanol–water partition coefficient (Wildman–Crippen LogP) is 3.40. The van der Waals surface area contributed by atoms with E-state index in [2.05, 4.69) is 35.5 Å². The second kappa shape index (κ2) is 8.94. The summed E-state index contributed by atoms with van der Waals surface area (Å²) in [6, 6.07) is 10.7. The zero-order valence-corrected chi connectivity index (χ0v) is 20.8. The van der Waals surface area contributed by atoms with Crippen molar-refractivity contribution in [1.82, 2.24) is 34.5 Å². The smallest absolute Gasteiger partial charge is 0.228 e. The molecule has 1 aliphatic rings. The maximum absolute atomic E-state index is 13.7. The third-order valence-electron chi connectivity index (χ3n) is 6.92. The number of anilines is 1. The molecule has 6 rings (SSSR count). The molecule has 1 aromatic carbocycles. The van der Waals surface area contributed by atoms with E-state index in [1.807, 2.05) is 16.5 Å². The monoisotopic (exact) mass is 513 g/mol. The van der Waals surface area contributed by atoms with Crippen LogP contribution in [-0.2, 0) is 9.84 Å². The second-order valence-corrected chi connectivity index (χ2v) is 11.1. The number of H-pyrrole nitrogens is 1. The summed E-state index contributed by atoms with van der Waals surface area (Å²) in [5.74, 6) is 1.85. The summed E-state index contributed by atoms with van der Waals surface area (Å²) in [5.41, 5.74) is 2.37. The number of sulfone groups is 1. The van der Waals surface area contributed by atoms with Gasteiger partial charge >= 0.3 is 0 Å². The number of nitrogens with one attached hydrogen (secondary N) is 2. The number of benzene rings is 1. The van der Waals surface area contributed by atoms with Crippen molar-refractivity contribution in [2.45, 2.75) is 42.0 Å². The van der Waals surface area contributed by atoms with Crippen LogP contribution in [0.2, 0.25) is 0 Å². The average molecular weight is 514 g/mol. The highest BCUT2D eigenvalue weighted by molar-refractivity contribution is 7.91. The van der Waals surface area contributed by atoms with Crippen LogP contribution in [-0.4, -0.2) is 49.5 Å². The number of aromatic amines is 1. The number of nitriles is 1. The molecule has 0 saturated heterocycles. The molecule has 0 spiro atoms. The van der Waals surface area contributed by atoms with Crippen LogP contribution in [0.5, 0.6) is 0 Å². The van der Waals surface area contributed by atoms with Gasteiger partial charge in [-0.2, -0.15) is 5.26 Å². The van der Waals surface area contributed by atoms with Gasteiger partial charge in [0.15, 0.2) is 17.0 Å². The normalized spacial score (nSPS) is 17.8. The Morgan fingerprint density at radius 3 is 2.81 bits per heavy atom. The zero-order chi connectivity index (χ0) is 25.6. The van der Waals surface area contributed by atoms with Crippen LogP contribution in [0.4, 0.5) is 5.82 Å². The molecule has 2 atom stereocenters. The topological polar surface area (TPSA) is 155 Å². The van der Waals surface area contributed by atoms with Crippen LogP contribution in [0.15, 0.2) is 58.8 Å². The van der Waals surface area contributed by atoms with E-state index in [0.717, 1.165) is 30.6 Å². The molecule has 12 heteroatoms. The van der Waals surface area contributed by atoms with E-state index in [1.54, 1.807) is 43.6 Å². The summed E-state index contributed by atoms with van der Waals surface area (Å²) < 4.78 is 29.2. The zero-order valence-electron chi connectivity index (χ0n) is 20.0. The Labute approximate surface area is 212 Å². The third-order valence-corrected chi connectivity index (χ3v) is 8.74. The Hall–Kier alpha value is -4.37. The van der Waals surface area contributed by atoms with E-state index < -0.39 is 9.84 Å². The maximum atomic E-state index is 13.7. The molecule has 0 amide bonds. The van der Waals surface area contributed by atoms with Gasteiger partial charge in [0.2, 0.25) is 14.9 Å². The first-order valence-electron chi connectivity index (χ1n) is 11.9. The number of nitrogens with zero attached hydrogens (tertiary/aromatic N) is 7. The van der Waals surface area contributed by atoms with Crippen molar-refractivity contribution in [1.29, 1.82) is 5.26 Å². The summed E-state index contributed by atoms with van der Waals surface area (Å²) in [6.45, 7) is 2.48. The molecule has 0 radical (unpaired) electrons. The largest absolute Gasteiger partial charge is 0.369 e. The minimum absolute atomic E-state index is 0.105. The minimum Gasteiger partial charge on any atom is -0.369 e. The molecule has 1 aliphatic carbocycles. The molecule has 0 aliphatic heterocycles. The Kier molecular flexibility index (Phi) is 5.57. The SMILES string of the molecule is Cc1ccccc1S(=O)(=O)c1nc2[nH]ccc2n2c([C@@H]3CC[C@H](CNc4cnc(C#N)cn4)C3)nnc12. The first-order chi connectivity index (χ1) is 18.0. The molecule has 1 saturated carbocycles. The lowest BCUT2D eigenvalue weighted by Crippen LogP contribution is -2.13. The van der Waals surface area contributed by atoms with Gasteiger partial charge in [0.05, 0.1) is 22.8 Å². The molecular formula is C25H23N9O2S. The van der Waals surface area contributed by atoms with Crippen molar-refractivity contribution in [2.75, 3.05) is 11.9 Å². The minimum atomic E-state index is -3.93. The summed E-state index contributed by atoms with van der Waals surface area (Å²) >= 11 is 0. The lowest BCUT2D eigenvalue weighted by atomic mass is 10.0. The Morgan fingerprint density at radius 1 is 1.16 bits per heavy atom. The van der Waals surface area contributed by atoms with Gasteiger partial charge in [-0.25, -0.2) is 23.4 Å². The molecule has 5 aromatic rings. The van der Waals surface area contributed by atoms with Crippen molar-refractivity contribution >= 4 is 32.5 Å². The molecule has 186 valence electrons. The van der Waals surface area contributed by atoms with Crippen molar-refractivity contribution in [3.05, 3.63) is 66.0 Å². The van der Waals surface area contributed by atoms with E-state index in [0.29, 0.717) is 29.5 Å². The Morgan fingerprint density at radius 2 is 2.03 bits per heavy atom. The Bertz CT molecular complexity index is 1770. The van der Waals surface area contributed by atoms with Gasteiger partial charge < -0.3 is 10.3 Å². The van der Waals surface area contributed by atoms with Crippen LogP contribution in [0.25, 0.3) is 16.8 Å². The molecule has 0 bridgehead atoms. The summed E-state index contributed by atoms with van der Waals surface area (Å²) in [6.07, 6.45) is 7.49. The first kappa shape index (κ1) is 23.1.